The van der Waals surface area contributed by atoms with Gasteiger partial charge in [-0.1, -0.05) is 12.1 Å². The molecule has 0 bridgehead atoms. The average molecular weight is 324 g/mol. The zero-order valence-electron chi connectivity index (χ0n) is 11.6. The van der Waals surface area contributed by atoms with E-state index in [-0.39, 0.29) is 12.3 Å². The van der Waals surface area contributed by atoms with Gasteiger partial charge in [0.2, 0.25) is 5.91 Å². The van der Waals surface area contributed by atoms with E-state index in [2.05, 4.69) is 10.4 Å². The Morgan fingerprint density at radius 2 is 2.17 bits per heavy atom. The molecule has 3 rings (SSSR count). The highest BCUT2D eigenvalue weighted by molar-refractivity contribution is 6.01. The predicted molar refractivity (Wildman–Crippen MR) is 74.8 cm³/mol. The number of alkyl halides is 3. The van der Waals surface area contributed by atoms with Gasteiger partial charge in [-0.2, -0.15) is 23.0 Å². The molecule has 2 aromatic rings. The van der Waals surface area contributed by atoms with E-state index in [9.17, 15) is 22.8 Å². The highest BCUT2D eigenvalue weighted by Gasteiger charge is 2.28. The minimum Gasteiger partial charge on any atom is -0.327 e. The lowest BCUT2D eigenvalue weighted by molar-refractivity contribution is -0.122. The molecule has 1 aliphatic heterocycles. The van der Waals surface area contributed by atoms with Crippen molar-refractivity contribution in [2.24, 2.45) is 0 Å². The molecule has 6 nitrogen and oxygen atoms in total. The molecule has 2 amide bonds. The molecular formula is C14H11F3N4O2. The van der Waals surface area contributed by atoms with E-state index >= 15 is 0 Å². The van der Waals surface area contributed by atoms with Gasteiger partial charge in [0.15, 0.2) is 0 Å². The maximum absolute atomic E-state index is 12.1. The number of carbonyl (C=O) groups is 2. The lowest BCUT2D eigenvalue weighted by Crippen LogP contribution is -2.36. The lowest BCUT2D eigenvalue weighted by Gasteiger charge is -2.07. The van der Waals surface area contributed by atoms with Crippen LogP contribution in [-0.2, 0) is 11.2 Å². The highest BCUT2D eigenvalue weighted by Crippen LogP contribution is 2.32. The van der Waals surface area contributed by atoms with Gasteiger partial charge < -0.3 is 10.6 Å². The molecule has 0 spiro atoms. The van der Waals surface area contributed by atoms with Crippen LogP contribution in [0.1, 0.15) is 5.56 Å². The third kappa shape index (κ3) is 3.17. The Morgan fingerprint density at radius 3 is 2.91 bits per heavy atom. The zero-order valence-corrected chi connectivity index (χ0v) is 11.6. The summed E-state index contributed by atoms with van der Waals surface area (Å²) in [7, 11) is 0. The Labute approximate surface area is 128 Å². The van der Waals surface area contributed by atoms with Crippen molar-refractivity contribution in [2.75, 3.05) is 11.9 Å². The second kappa shape index (κ2) is 5.41. The summed E-state index contributed by atoms with van der Waals surface area (Å²) < 4.78 is 37.1. The van der Waals surface area contributed by atoms with E-state index in [4.69, 9.17) is 0 Å². The van der Waals surface area contributed by atoms with Crippen LogP contribution in [0.2, 0.25) is 0 Å². The molecule has 0 aliphatic carbocycles. The lowest BCUT2D eigenvalue weighted by atomic mass is 10.0. The summed E-state index contributed by atoms with van der Waals surface area (Å²) in [4.78, 5) is 23.1. The van der Waals surface area contributed by atoms with Gasteiger partial charge in [-0.25, -0.2) is 4.79 Å². The molecule has 0 saturated carbocycles. The Bertz CT molecular complexity index is 783. The van der Waals surface area contributed by atoms with Gasteiger partial charge in [-0.05, 0) is 17.2 Å². The Balaban J connectivity index is 1.82. The molecule has 1 aromatic carbocycles. The minimum atomic E-state index is -4.49. The quantitative estimate of drug-likeness (QED) is 0.889. The SMILES string of the molecule is O=C1Cc2c(cccc2-c2cnn(C(=O)NCC(F)(F)F)c2)N1. The van der Waals surface area contributed by atoms with Crippen molar-refractivity contribution < 1.29 is 22.8 Å². The van der Waals surface area contributed by atoms with Crippen LogP contribution in [0.4, 0.5) is 23.7 Å². The third-order valence-corrected chi connectivity index (χ3v) is 3.33. The summed E-state index contributed by atoms with van der Waals surface area (Å²) in [6, 6.07) is 4.27. The van der Waals surface area contributed by atoms with Gasteiger partial charge in [0.1, 0.15) is 6.54 Å². The van der Waals surface area contributed by atoms with Crippen molar-refractivity contribution in [1.82, 2.24) is 15.1 Å². The Morgan fingerprint density at radius 1 is 1.39 bits per heavy atom. The third-order valence-electron chi connectivity index (χ3n) is 3.33. The fraction of sp³-hybridized carbons (Fsp3) is 0.214. The fourth-order valence-corrected chi connectivity index (χ4v) is 2.35. The maximum Gasteiger partial charge on any atom is 0.405 e. The number of anilines is 1. The van der Waals surface area contributed by atoms with Crippen LogP contribution in [0.25, 0.3) is 11.1 Å². The number of aromatic nitrogens is 2. The van der Waals surface area contributed by atoms with Crippen molar-refractivity contribution in [3.63, 3.8) is 0 Å². The number of halogens is 3. The van der Waals surface area contributed by atoms with Crippen LogP contribution in [0.3, 0.4) is 0 Å². The number of rotatable bonds is 2. The first-order chi connectivity index (χ1) is 10.8. The summed E-state index contributed by atoms with van der Waals surface area (Å²) in [5.41, 5.74) is 2.70. The second-order valence-corrected chi connectivity index (χ2v) is 5.00. The van der Waals surface area contributed by atoms with Gasteiger partial charge in [0, 0.05) is 17.4 Å². The van der Waals surface area contributed by atoms with Crippen molar-refractivity contribution >= 4 is 17.6 Å². The first kappa shape index (κ1) is 15.1. The van der Waals surface area contributed by atoms with Crippen LogP contribution >= 0.6 is 0 Å². The van der Waals surface area contributed by atoms with Gasteiger partial charge in [-0.15, -0.1) is 0 Å². The van der Waals surface area contributed by atoms with Gasteiger partial charge in [0.05, 0.1) is 12.6 Å². The largest absolute Gasteiger partial charge is 0.405 e. The molecule has 1 aromatic heterocycles. The smallest absolute Gasteiger partial charge is 0.327 e. The summed E-state index contributed by atoms with van der Waals surface area (Å²) in [5.74, 6) is -0.136. The van der Waals surface area contributed by atoms with E-state index in [0.717, 1.165) is 10.2 Å². The molecule has 0 unspecified atom stereocenters. The summed E-state index contributed by atoms with van der Waals surface area (Å²) in [6.07, 6.45) is -1.59. The van der Waals surface area contributed by atoms with Crippen molar-refractivity contribution in [1.29, 1.82) is 0 Å². The predicted octanol–water partition coefficient (Wildman–Crippen LogP) is 2.16. The molecular weight excluding hydrogens is 313 g/mol. The molecule has 2 N–H and O–H groups in total. The van der Waals surface area contributed by atoms with Crippen LogP contribution in [0.5, 0.6) is 0 Å². The van der Waals surface area contributed by atoms with Gasteiger partial charge in [-0.3, -0.25) is 4.79 Å². The standard InChI is InChI=1S/C14H11F3N4O2/c15-14(16,17)7-18-13(23)21-6-8(5-19-21)9-2-1-3-11-10(9)4-12(22)20-11/h1-3,5-6H,4,7H2,(H,18,23)(H,20,22). The summed E-state index contributed by atoms with van der Waals surface area (Å²) >= 11 is 0. The molecule has 0 fully saturated rings. The molecule has 0 atom stereocenters. The van der Waals surface area contributed by atoms with Crippen LogP contribution < -0.4 is 10.6 Å². The van der Waals surface area contributed by atoms with Crippen molar-refractivity contribution in [2.45, 2.75) is 12.6 Å². The molecule has 2 heterocycles. The first-order valence-electron chi connectivity index (χ1n) is 6.65. The number of amides is 2. The fourth-order valence-electron chi connectivity index (χ4n) is 2.35. The van der Waals surface area contributed by atoms with E-state index in [1.165, 1.54) is 12.4 Å². The van der Waals surface area contributed by atoms with Gasteiger partial charge >= 0.3 is 12.2 Å². The topological polar surface area (TPSA) is 76.0 Å². The van der Waals surface area contributed by atoms with Crippen LogP contribution in [-0.4, -0.2) is 34.4 Å². The number of hydrogen-bond acceptors (Lipinski definition) is 3. The molecule has 9 heteroatoms. The normalized spacial score (nSPS) is 13.6. The number of fused-ring (bicyclic) bond motifs is 1. The molecule has 23 heavy (non-hydrogen) atoms. The summed E-state index contributed by atoms with van der Waals surface area (Å²) in [5, 5.41) is 8.21. The van der Waals surface area contributed by atoms with Crippen LogP contribution in [0, 0.1) is 0 Å². The number of nitrogens with one attached hydrogen (secondary N) is 2. The van der Waals surface area contributed by atoms with Gasteiger partial charge in [0.25, 0.3) is 0 Å². The van der Waals surface area contributed by atoms with E-state index in [1.807, 2.05) is 0 Å². The molecule has 1 aliphatic rings. The molecule has 0 saturated heterocycles. The monoisotopic (exact) mass is 324 g/mol. The van der Waals surface area contributed by atoms with Crippen LogP contribution in [0.15, 0.2) is 30.6 Å². The first-order valence-corrected chi connectivity index (χ1v) is 6.65. The molecule has 120 valence electrons. The minimum absolute atomic E-state index is 0.136. The van der Waals surface area contributed by atoms with E-state index in [0.29, 0.717) is 16.8 Å². The second-order valence-electron chi connectivity index (χ2n) is 5.00. The van der Waals surface area contributed by atoms with Crippen molar-refractivity contribution in [3.8, 4) is 11.1 Å². The van der Waals surface area contributed by atoms with E-state index < -0.39 is 18.8 Å². The summed E-state index contributed by atoms with van der Waals surface area (Å²) in [6.45, 7) is -1.43. The average Bonchev–Trinajstić information content (AvgIpc) is 3.08. The highest BCUT2D eigenvalue weighted by atomic mass is 19.4. The Hall–Kier alpha value is -2.84. The number of carbonyl (C=O) groups excluding carboxylic acids is 2. The number of nitrogens with zero attached hydrogens (tertiary/aromatic N) is 2. The maximum atomic E-state index is 12.1. The number of hydrogen-bond donors (Lipinski definition) is 2. The van der Waals surface area contributed by atoms with E-state index in [1.54, 1.807) is 23.5 Å². The number of benzene rings is 1. The molecule has 0 radical (unpaired) electrons. The Kier molecular flexibility index (Phi) is 3.55. The zero-order chi connectivity index (χ0) is 16.6. The van der Waals surface area contributed by atoms with Crippen molar-refractivity contribution in [3.05, 3.63) is 36.2 Å².